The molecule has 1 aromatic rings. The Kier molecular flexibility index (Phi) is 1.86. The number of ether oxygens (including phenoxy) is 1. The van der Waals surface area contributed by atoms with Crippen molar-refractivity contribution >= 4 is 15.9 Å². The highest BCUT2D eigenvalue weighted by molar-refractivity contribution is 9.10. The van der Waals surface area contributed by atoms with Crippen LogP contribution in [0.1, 0.15) is 23.5 Å². The van der Waals surface area contributed by atoms with Crippen molar-refractivity contribution in [2.24, 2.45) is 5.92 Å². The average molecular weight is 255 g/mol. The minimum atomic E-state index is 0.113. The largest absolute Gasteiger partial charge is 0.492 e. The van der Waals surface area contributed by atoms with Crippen LogP contribution < -0.4 is 4.74 Å². The monoisotopic (exact) mass is 254 g/mol. The molecule has 74 valence electrons. The van der Waals surface area contributed by atoms with Crippen LogP contribution in [0.25, 0.3) is 0 Å². The van der Waals surface area contributed by atoms with Crippen molar-refractivity contribution in [2.45, 2.75) is 18.9 Å². The van der Waals surface area contributed by atoms with Crippen LogP contribution in [0, 0.1) is 5.92 Å². The molecular weight excluding hydrogens is 244 g/mol. The van der Waals surface area contributed by atoms with Gasteiger partial charge in [0, 0.05) is 11.5 Å². The molecular formula is C11H11BrO2. The van der Waals surface area contributed by atoms with Crippen molar-refractivity contribution in [2.75, 3.05) is 6.61 Å². The zero-order valence-electron chi connectivity index (χ0n) is 7.66. The molecule has 1 aliphatic heterocycles. The smallest absolute Gasteiger partial charge is 0.137 e. The van der Waals surface area contributed by atoms with Crippen LogP contribution in [-0.4, -0.2) is 11.7 Å². The van der Waals surface area contributed by atoms with E-state index in [-0.39, 0.29) is 6.61 Å². The van der Waals surface area contributed by atoms with Gasteiger partial charge < -0.3 is 9.84 Å². The van der Waals surface area contributed by atoms with Crippen LogP contribution in [0.4, 0.5) is 0 Å². The summed E-state index contributed by atoms with van der Waals surface area (Å²) in [6, 6.07) is 3.93. The summed E-state index contributed by atoms with van der Waals surface area (Å²) >= 11 is 3.48. The number of halogens is 1. The summed E-state index contributed by atoms with van der Waals surface area (Å²) in [6.07, 6.45) is 1.22. The Morgan fingerprint density at radius 1 is 1.50 bits per heavy atom. The third-order valence-corrected chi connectivity index (χ3v) is 3.77. The van der Waals surface area contributed by atoms with Crippen molar-refractivity contribution in [1.29, 1.82) is 0 Å². The molecule has 2 aliphatic rings. The standard InChI is InChI=1S/C11H11BrO2/c12-9-2-1-6(4-13)10-8-3-7(8)5-14-11(9)10/h1-2,7-8,13H,3-5H2. The van der Waals surface area contributed by atoms with Gasteiger partial charge >= 0.3 is 0 Å². The van der Waals surface area contributed by atoms with E-state index < -0.39 is 0 Å². The first-order valence-corrected chi connectivity index (χ1v) is 5.65. The van der Waals surface area contributed by atoms with Gasteiger partial charge in [0.15, 0.2) is 0 Å². The molecule has 1 aliphatic carbocycles. The van der Waals surface area contributed by atoms with E-state index in [1.807, 2.05) is 12.1 Å². The Labute approximate surface area is 91.0 Å². The number of aliphatic hydroxyl groups is 1. The third kappa shape index (κ3) is 1.12. The molecule has 2 atom stereocenters. The summed E-state index contributed by atoms with van der Waals surface area (Å²) in [7, 11) is 0. The number of benzene rings is 1. The van der Waals surface area contributed by atoms with Crippen LogP contribution in [-0.2, 0) is 6.61 Å². The van der Waals surface area contributed by atoms with Gasteiger partial charge in [-0.1, -0.05) is 6.07 Å². The maximum atomic E-state index is 9.25. The highest BCUT2D eigenvalue weighted by atomic mass is 79.9. The van der Waals surface area contributed by atoms with E-state index >= 15 is 0 Å². The molecule has 3 heteroatoms. The molecule has 1 heterocycles. The minimum Gasteiger partial charge on any atom is -0.492 e. The van der Waals surface area contributed by atoms with Crippen LogP contribution in [0.5, 0.6) is 5.75 Å². The first kappa shape index (κ1) is 8.74. The molecule has 0 radical (unpaired) electrons. The fraction of sp³-hybridized carbons (Fsp3) is 0.455. The first-order valence-electron chi connectivity index (χ1n) is 4.86. The quantitative estimate of drug-likeness (QED) is 0.835. The highest BCUT2D eigenvalue weighted by Crippen LogP contribution is 2.56. The van der Waals surface area contributed by atoms with Crippen LogP contribution in [0.15, 0.2) is 16.6 Å². The molecule has 0 spiro atoms. The van der Waals surface area contributed by atoms with Gasteiger partial charge in [-0.25, -0.2) is 0 Å². The molecule has 0 amide bonds. The number of rotatable bonds is 1. The summed E-state index contributed by atoms with van der Waals surface area (Å²) in [5.41, 5.74) is 2.26. The number of fused-ring (bicyclic) bond motifs is 3. The first-order chi connectivity index (χ1) is 6.81. The predicted octanol–water partition coefficient (Wildman–Crippen LogP) is 2.44. The van der Waals surface area contributed by atoms with Crippen molar-refractivity contribution in [3.63, 3.8) is 0 Å². The topological polar surface area (TPSA) is 29.5 Å². The van der Waals surface area contributed by atoms with Gasteiger partial charge in [0.25, 0.3) is 0 Å². The lowest BCUT2D eigenvalue weighted by molar-refractivity contribution is 0.262. The lowest BCUT2D eigenvalue weighted by Gasteiger charge is -2.20. The van der Waals surface area contributed by atoms with Gasteiger partial charge in [-0.3, -0.25) is 0 Å². The second-order valence-electron chi connectivity index (χ2n) is 4.02. The summed E-state index contributed by atoms with van der Waals surface area (Å²) in [4.78, 5) is 0. The second kappa shape index (κ2) is 2.97. The number of hydrogen-bond donors (Lipinski definition) is 1. The average Bonchev–Trinajstić information content (AvgIpc) is 2.97. The molecule has 1 saturated carbocycles. The lowest BCUT2D eigenvalue weighted by Crippen LogP contribution is -2.11. The predicted molar refractivity (Wildman–Crippen MR) is 56.4 cm³/mol. The van der Waals surface area contributed by atoms with Crippen LogP contribution in [0.2, 0.25) is 0 Å². The lowest BCUT2D eigenvalue weighted by atomic mass is 10.00. The normalized spacial score (nSPS) is 27.6. The summed E-state index contributed by atoms with van der Waals surface area (Å²) in [5.74, 6) is 2.29. The number of hydrogen-bond acceptors (Lipinski definition) is 2. The summed E-state index contributed by atoms with van der Waals surface area (Å²) < 4.78 is 6.70. The minimum absolute atomic E-state index is 0.113. The molecule has 2 nitrogen and oxygen atoms in total. The van der Waals surface area contributed by atoms with Gasteiger partial charge in [-0.2, -0.15) is 0 Å². The van der Waals surface area contributed by atoms with Gasteiger partial charge in [0.2, 0.25) is 0 Å². The molecule has 0 bridgehead atoms. The van der Waals surface area contributed by atoms with Crippen molar-refractivity contribution in [3.8, 4) is 5.75 Å². The Bertz CT molecular complexity index is 389. The Balaban J connectivity index is 2.18. The molecule has 14 heavy (non-hydrogen) atoms. The molecule has 1 aromatic carbocycles. The molecule has 1 N–H and O–H groups in total. The van der Waals surface area contributed by atoms with Crippen molar-refractivity contribution < 1.29 is 9.84 Å². The van der Waals surface area contributed by atoms with E-state index in [2.05, 4.69) is 15.9 Å². The SMILES string of the molecule is OCc1ccc(Br)c2c1C1CC1CO2. The van der Waals surface area contributed by atoms with E-state index in [1.165, 1.54) is 12.0 Å². The van der Waals surface area contributed by atoms with Crippen molar-refractivity contribution in [3.05, 3.63) is 27.7 Å². The highest BCUT2D eigenvalue weighted by Gasteiger charge is 2.45. The fourth-order valence-electron chi connectivity index (χ4n) is 2.28. The maximum Gasteiger partial charge on any atom is 0.137 e. The van der Waals surface area contributed by atoms with Crippen molar-refractivity contribution in [1.82, 2.24) is 0 Å². The van der Waals surface area contributed by atoms with Gasteiger partial charge in [0.05, 0.1) is 17.7 Å². The van der Waals surface area contributed by atoms with E-state index in [1.54, 1.807) is 0 Å². The molecule has 0 aromatic heterocycles. The van der Waals surface area contributed by atoms with E-state index in [0.29, 0.717) is 11.8 Å². The van der Waals surface area contributed by atoms with E-state index in [0.717, 1.165) is 22.4 Å². The number of aliphatic hydroxyl groups excluding tert-OH is 1. The van der Waals surface area contributed by atoms with Gasteiger partial charge in [0.1, 0.15) is 5.75 Å². The summed E-state index contributed by atoms with van der Waals surface area (Å²) in [6.45, 7) is 0.952. The van der Waals surface area contributed by atoms with E-state index in [9.17, 15) is 5.11 Å². The Hall–Kier alpha value is -0.540. The Morgan fingerprint density at radius 3 is 3.14 bits per heavy atom. The third-order valence-electron chi connectivity index (χ3n) is 3.14. The zero-order chi connectivity index (χ0) is 9.71. The molecule has 1 fully saturated rings. The van der Waals surface area contributed by atoms with Gasteiger partial charge in [-0.05, 0) is 39.9 Å². The van der Waals surface area contributed by atoms with E-state index in [4.69, 9.17) is 4.74 Å². The fourth-order valence-corrected chi connectivity index (χ4v) is 2.74. The second-order valence-corrected chi connectivity index (χ2v) is 4.88. The zero-order valence-corrected chi connectivity index (χ0v) is 9.25. The summed E-state index contributed by atoms with van der Waals surface area (Å²) in [5, 5.41) is 9.25. The Morgan fingerprint density at radius 2 is 2.36 bits per heavy atom. The van der Waals surface area contributed by atoms with Crippen LogP contribution in [0.3, 0.4) is 0 Å². The van der Waals surface area contributed by atoms with Crippen LogP contribution >= 0.6 is 15.9 Å². The molecule has 3 rings (SSSR count). The maximum absolute atomic E-state index is 9.25. The van der Waals surface area contributed by atoms with Gasteiger partial charge in [-0.15, -0.1) is 0 Å². The molecule has 0 saturated heterocycles. The molecule has 2 unspecified atom stereocenters.